The number of carboxylic acid groups (broad SMARTS) is 1. The first-order valence-corrected chi connectivity index (χ1v) is 8.33. The van der Waals surface area contributed by atoms with Gasteiger partial charge < -0.3 is 9.67 Å². The van der Waals surface area contributed by atoms with Crippen LogP contribution in [0.3, 0.4) is 0 Å². The lowest BCUT2D eigenvalue weighted by atomic mass is 10.1. The van der Waals surface area contributed by atoms with Crippen LogP contribution in [0, 0.1) is 0 Å². The van der Waals surface area contributed by atoms with Crippen molar-refractivity contribution >= 4 is 27.9 Å². The van der Waals surface area contributed by atoms with Gasteiger partial charge in [0.25, 0.3) is 0 Å². The predicted octanol–water partition coefficient (Wildman–Crippen LogP) is 4.39. The van der Waals surface area contributed by atoms with Crippen LogP contribution >= 0.6 is 0 Å². The van der Waals surface area contributed by atoms with Crippen molar-refractivity contribution in [2.24, 2.45) is 0 Å². The van der Waals surface area contributed by atoms with Crippen molar-refractivity contribution in [3.05, 3.63) is 65.4 Å². The molecule has 2 N–H and O–H groups in total. The van der Waals surface area contributed by atoms with E-state index in [-0.39, 0.29) is 5.56 Å². The molecule has 4 rings (SSSR count). The number of benzene rings is 2. The van der Waals surface area contributed by atoms with Crippen LogP contribution < -0.4 is 0 Å². The number of carbonyl (C=O) groups is 1. The third-order valence-corrected chi connectivity index (χ3v) is 4.59. The lowest BCUT2D eigenvalue weighted by Gasteiger charge is -2.10. The average Bonchev–Trinajstić information content (AvgIpc) is 3.15. The van der Waals surface area contributed by atoms with E-state index in [0.717, 1.165) is 33.2 Å². The number of aromatic nitrogens is 3. The molecule has 5 nitrogen and oxygen atoms in total. The van der Waals surface area contributed by atoms with Crippen LogP contribution in [0.25, 0.3) is 21.9 Å². The van der Waals surface area contributed by atoms with Gasteiger partial charge >= 0.3 is 5.97 Å². The molecule has 25 heavy (non-hydrogen) atoms. The summed E-state index contributed by atoms with van der Waals surface area (Å²) in [6.45, 7) is 4.92. The van der Waals surface area contributed by atoms with Crippen LogP contribution in [-0.4, -0.2) is 25.8 Å². The van der Waals surface area contributed by atoms with Crippen molar-refractivity contribution < 1.29 is 9.90 Å². The fourth-order valence-corrected chi connectivity index (χ4v) is 3.35. The van der Waals surface area contributed by atoms with Gasteiger partial charge in [-0.3, -0.25) is 5.10 Å². The second-order valence-corrected chi connectivity index (χ2v) is 6.60. The quantitative estimate of drug-likeness (QED) is 0.582. The van der Waals surface area contributed by atoms with E-state index in [9.17, 15) is 9.90 Å². The number of H-pyrrole nitrogens is 1. The number of nitrogens with one attached hydrogen (secondary N) is 1. The minimum atomic E-state index is -0.919. The molecule has 0 bridgehead atoms. The van der Waals surface area contributed by atoms with E-state index in [2.05, 4.69) is 40.7 Å². The minimum absolute atomic E-state index is 0.289. The molecule has 0 saturated carbocycles. The third kappa shape index (κ3) is 2.48. The molecule has 2 heterocycles. The van der Waals surface area contributed by atoms with E-state index in [1.54, 1.807) is 12.1 Å². The van der Waals surface area contributed by atoms with Gasteiger partial charge in [0.05, 0.1) is 22.3 Å². The Labute approximate surface area is 144 Å². The van der Waals surface area contributed by atoms with Crippen molar-refractivity contribution in [3.8, 4) is 0 Å². The molecular formula is C20H19N3O2. The van der Waals surface area contributed by atoms with Crippen molar-refractivity contribution in [1.29, 1.82) is 0 Å². The van der Waals surface area contributed by atoms with Gasteiger partial charge in [-0.2, -0.15) is 5.10 Å². The summed E-state index contributed by atoms with van der Waals surface area (Å²) in [4.78, 5) is 11.4. The summed E-state index contributed by atoms with van der Waals surface area (Å²) in [6.07, 6.45) is 0. The number of hydrogen-bond acceptors (Lipinski definition) is 2. The second kappa shape index (κ2) is 5.77. The minimum Gasteiger partial charge on any atom is -0.478 e. The Kier molecular flexibility index (Phi) is 3.57. The number of carboxylic acids is 1. The summed E-state index contributed by atoms with van der Waals surface area (Å²) in [6, 6.07) is 15.4. The summed E-state index contributed by atoms with van der Waals surface area (Å²) >= 11 is 0. The molecule has 0 saturated heterocycles. The molecule has 5 heteroatoms. The van der Waals surface area contributed by atoms with Crippen LogP contribution in [0.5, 0.6) is 0 Å². The summed E-state index contributed by atoms with van der Waals surface area (Å²) in [5, 5.41) is 18.0. The number of hydrogen-bond donors (Lipinski definition) is 2. The van der Waals surface area contributed by atoms with Crippen LogP contribution in [0.4, 0.5) is 0 Å². The van der Waals surface area contributed by atoms with Gasteiger partial charge in [-0.15, -0.1) is 0 Å². The number of rotatable bonds is 4. The maximum absolute atomic E-state index is 11.4. The van der Waals surface area contributed by atoms with E-state index >= 15 is 0 Å². The molecule has 0 unspecified atom stereocenters. The molecule has 0 atom stereocenters. The fraction of sp³-hybridized carbons (Fsp3) is 0.200. The lowest BCUT2D eigenvalue weighted by molar-refractivity contribution is 0.0697. The summed E-state index contributed by atoms with van der Waals surface area (Å²) in [7, 11) is 0. The smallest absolute Gasteiger partial charge is 0.335 e. The monoisotopic (exact) mass is 333 g/mol. The van der Waals surface area contributed by atoms with Gasteiger partial charge in [-0.25, -0.2) is 4.79 Å². The Balaban J connectivity index is 2.04. The van der Waals surface area contributed by atoms with E-state index in [1.165, 1.54) is 0 Å². The zero-order valence-corrected chi connectivity index (χ0v) is 14.2. The second-order valence-electron chi connectivity index (χ2n) is 6.60. The molecule has 2 aromatic carbocycles. The highest BCUT2D eigenvalue weighted by molar-refractivity contribution is 6.08. The molecule has 2 aromatic heterocycles. The van der Waals surface area contributed by atoms with Crippen LogP contribution in [0.15, 0.2) is 48.5 Å². The van der Waals surface area contributed by atoms with Gasteiger partial charge in [0.1, 0.15) is 5.52 Å². The fourth-order valence-electron chi connectivity index (χ4n) is 3.35. The Bertz CT molecular complexity index is 1070. The van der Waals surface area contributed by atoms with Crippen LogP contribution in [0.1, 0.15) is 41.4 Å². The Hall–Kier alpha value is -3.08. The Morgan fingerprint density at radius 3 is 2.64 bits per heavy atom. The Morgan fingerprint density at radius 1 is 1.20 bits per heavy atom. The zero-order valence-electron chi connectivity index (χ0n) is 14.2. The van der Waals surface area contributed by atoms with Crippen molar-refractivity contribution in [3.63, 3.8) is 0 Å². The highest BCUT2D eigenvalue weighted by Crippen LogP contribution is 2.33. The maximum atomic E-state index is 11.4. The summed E-state index contributed by atoms with van der Waals surface area (Å²) in [5.41, 5.74) is 5.37. The summed E-state index contributed by atoms with van der Waals surface area (Å²) < 4.78 is 2.17. The predicted molar refractivity (Wildman–Crippen MR) is 98.2 cm³/mol. The molecule has 0 fully saturated rings. The van der Waals surface area contributed by atoms with Gasteiger partial charge in [0, 0.05) is 11.9 Å². The molecule has 126 valence electrons. The average molecular weight is 333 g/mol. The molecule has 0 amide bonds. The topological polar surface area (TPSA) is 70.9 Å². The first kappa shape index (κ1) is 15.4. The van der Waals surface area contributed by atoms with E-state index in [1.807, 2.05) is 24.3 Å². The number of fused-ring (bicyclic) bond motifs is 3. The third-order valence-electron chi connectivity index (χ3n) is 4.59. The van der Waals surface area contributed by atoms with E-state index in [0.29, 0.717) is 12.5 Å². The van der Waals surface area contributed by atoms with Gasteiger partial charge in [0.2, 0.25) is 0 Å². The van der Waals surface area contributed by atoms with Crippen molar-refractivity contribution in [2.45, 2.75) is 26.3 Å². The van der Waals surface area contributed by atoms with Crippen LogP contribution in [0.2, 0.25) is 0 Å². The molecule has 0 aliphatic carbocycles. The number of aromatic carboxylic acids is 1. The van der Waals surface area contributed by atoms with E-state index in [4.69, 9.17) is 0 Å². The normalized spacial score (nSPS) is 11.6. The van der Waals surface area contributed by atoms with Crippen LogP contribution in [-0.2, 0) is 6.54 Å². The lowest BCUT2D eigenvalue weighted by Crippen LogP contribution is -2.03. The maximum Gasteiger partial charge on any atom is 0.335 e. The van der Waals surface area contributed by atoms with Gasteiger partial charge in [0.15, 0.2) is 0 Å². The molecule has 4 aromatic rings. The highest BCUT2D eigenvalue weighted by Gasteiger charge is 2.20. The SMILES string of the molecule is CC(C)c1[nH]nc2c3ccc(C(=O)O)cc3n(Cc3ccccc3)c12. The van der Waals surface area contributed by atoms with Crippen molar-refractivity contribution in [1.82, 2.24) is 14.8 Å². The Morgan fingerprint density at radius 2 is 1.96 bits per heavy atom. The molecular weight excluding hydrogens is 314 g/mol. The molecule has 0 aliphatic rings. The molecule has 0 aliphatic heterocycles. The van der Waals surface area contributed by atoms with E-state index < -0.39 is 5.97 Å². The largest absolute Gasteiger partial charge is 0.478 e. The molecule has 0 spiro atoms. The standard InChI is InChI=1S/C20H19N3O2/c1-12(2)17-19-18(22-21-17)15-9-8-14(20(24)25)10-16(15)23(19)11-13-6-4-3-5-7-13/h3-10,12H,11H2,1-2H3,(H,21,22)(H,24,25). The number of aromatic amines is 1. The van der Waals surface area contributed by atoms with Gasteiger partial charge in [-0.1, -0.05) is 44.2 Å². The zero-order chi connectivity index (χ0) is 17.6. The number of nitrogens with zero attached hydrogens (tertiary/aromatic N) is 2. The first-order chi connectivity index (χ1) is 12.1. The van der Waals surface area contributed by atoms with Crippen molar-refractivity contribution in [2.75, 3.05) is 0 Å². The first-order valence-electron chi connectivity index (χ1n) is 8.33. The summed E-state index contributed by atoms with van der Waals surface area (Å²) in [5.74, 6) is -0.625. The highest BCUT2D eigenvalue weighted by atomic mass is 16.4. The van der Waals surface area contributed by atoms with Gasteiger partial charge in [-0.05, 0) is 29.7 Å². The molecule has 0 radical (unpaired) electrons.